The van der Waals surface area contributed by atoms with Crippen molar-refractivity contribution in [1.82, 2.24) is 0 Å². The molecule has 0 radical (unpaired) electrons. The van der Waals surface area contributed by atoms with Gasteiger partial charge in [-0.2, -0.15) is 0 Å². The van der Waals surface area contributed by atoms with Crippen molar-refractivity contribution in [1.29, 1.82) is 0 Å². The number of aliphatic hydroxyl groups excluding tert-OH is 2. The molecule has 1 fully saturated rings. The predicted octanol–water partition coefficient (Wildman–Crippen LogP) is 17.5. The van der Waals surface area contributed by atoms with Crippen LogP contribution in [-0.4, -0.2) is 89.2 Å². The van der Waals surface area contributed by atoms with Gasteiger partial charge in [0, 0.05) is 19.3 Å². The maximum Gasteiger partial charge on any atom is 0.335 e. The molecule has 0 aromatic rings. The second-order valence-electron chi connectivity index (χ2n) is 22.0. The highest BCUT2D eigenvalue weighted by atomic mass is 16.7. The molecule has 0 bridgehead atoms. The van der Waals surface area contributed by atoms with Crippen molar-refractivity contribution in [3.63, 3.8) is 0 Å². The molecule has 0 aromatic carbocycles. The van der Waals surface area contributed by atoms with Crippen molar-refractivity contribution in [2.75, 3.05) is 13.2 Å². The lowest BCUT2D eigenvalue weighted by Gasteiger charge is -2.40. The Morgan fingerprint density at radius 2 is 0.778 bits per heavy atom. The van der Waals surface area contributed by atoms with Crippen molar-refractivity contribution in [2.45, 2.75) is 314 Å². The average Bonchev–Trinajstić information content (AvgIpc) is 3.54. The summed E-state index contributed by atoms with van der Waals surface area (Å²) in [6, 6.07) is 0. The van der Waals surface area contributed by atoms with E-state index >= 15 is 0 Å². The number of aliphatic hydroxyl groups is 2. The first-order valence-corrected chi connectivity index (χ1v) is 32.6. The van der Waals surface area contributed by atoms with Crippen molar-refractivity contribution >= 4 is 23.9 Å². The smallest absolute Gasteiger partial charge is 0.335 e. The molecule has 0 amide bonds. The Balaban J connectivity index is 2.68. The van der Waals surface area contributed by atoms with E-state index in [1.54, 1.807) is 0 Å². The Morgan fingerprint density at radius 1 is 0.420 bits per heavy atom. The summed E-state index contributed by atoms with van der Waals surface area (Å²) in [6.07, 6.45) is 61.0. The molecule has 1 rings (SSSR count). The zero-order chi connectivity index (χ0) is 58.9. The summed E-state index contributed by atoms with van der Waals surface area (Å²) in [5.74, 6) is -3.16. The molecule has 1 saturated heterocycles. The molecule has 1 heterocycles. The van der Waals surface area contributed by atoms with Gasteiger partial charge in [-0.05, 0) is 96.3 Å². The lowest BCUT2D eigenvalue weighted by atomic mass is 9.98. The Bertz CT molecular complexity index is 1730. The third kappa shape index (κ3) is 46.0. The molecule has 464 valence electrons. The maximum atomic E-state index is 13.2. The summed E-state index contributed by atoms with van der Waals surface area (Å²) < 4.78 is 28.5. The molecular formula is C69H116O12. The number of ether oxygens (including phenoxy) is 5. The first-order chi connectivity index (χ1) is 39.6. The number of hydrogen-bond acceptors (Lipinski definition) is 11. The minimum atomic E-state index is -1.92. The van der Waals surface area contributed by atoms with Gasteiger partial charge in [0.05, 0.1) is 6.61 Å². The van der Waals surface area contributed by atoms with E-state index in [-0.39, 0.29) is 25.9 Å². The molecule has 6 unspecified atom stereocenters. The van der Waals surface area contributed by atoms with E-state index in [1.165, 1.54) is 109 Å². The topological polar surface area (TPSA) is 175 Å². The summed E-state index contributed by atoms with van der Waals surface area (Å²) in [5.41, 5.74) is 0. The molecule has 0 aromatic heterocycles. The lowest BCUT2D eigenvalue weighted by molar-refractivity contribution is -0.301. The molecule has 81 heavy (non-hydrogen) atoms. The largest absolute Gasteiger partial charge is 0.479 e. The van der Waals surface area contributed by atoms with E-state index in [9.17, 15) is 34.5 Å². The molecule has 1 aliphatic rings. The first kappa shape index (κ1) is 74.9. The van der Waals surface area contributed by atoms with Gasteiger partial charge < -0.3 is 39.0 Å². The van der Waals surface area contributed by atoms with Crippen molar-refractivity contribution in [3.05, 3.63) is 85.1 Å². The number of allylic oxidation sites excluding steroid dienone is 14. The molecule has 0 saturated carbocycles. The molecule has 3 N–H and O–H groups in total. The number of carboxylic acid groups (broad SMARTS) is 1. The first-order valence-electron chi connectivity index (χ1n) is 32.6. The van der Waals surface area contributed by atoms with Crippen LogP contribution in [0.2, 0.25) is 0 Å². The third-order valence-corrected chi connectivity index (χ3v) is 14.5. The summed E-state index contributed by atoms with van der Waals surface area (Å²) in [5, 5.41) is 31.6. The number of carbonyl (C=O) groups excluding carboxylic acids is 3. The summed E-state index contributed by atoms with van der Waals surface area (Å²) in [6.45, 7) is 5.87. The van der Waals surface area contributed by atoms with E-state index in [0.717, 1.165) is 109 Å². The number of unbranched alkanes of at least 4 members (excludes halogenated alkanes) is 27. The zero-order valence-corrected chi connectivity index (χ0v) is 51.3. The summed E-state index contributed by atoms with van der Waals surface area (Å²) in [4.78, 5) is 51.3. The number of hydrogen-bond donors (Lipinski definition) is 3. The molecular weight excluding hydrogens is 1020 g/mol. The monoisotopic (exact) mass is 1140 g/mol. The zero-order valence-electron chi connectivity index (χ0n) is 51.3. The van der Waals surface area contributed by atoms with Crippen LogP contribution in [0.4, 0.5) is 0 Å². The highest BCUT2D eigenvalue weighted by Crippen LogP contribution is 2.26. The van der Waals surface area contributed by atoms with Gasteiger partial charge in [-0.3, -0.25) is 14.4 Å². The van der Waals surface area contributed by atoms with Gasteiger partial charge in [0.1, 0.15) is 18.8 Å². The van der Waals surface area contributed by atoms with Crippen LogP contribution < -0.4 is 0 Å². The van der Waals surface area contributed by atoms with Gasteiger partial charge in [-0.1, -0.05) is 247 Å². The van der Waals surface area contributed by atoms with Gasteiger partial charge in [-0.25, -0.2) is 4.79 Å². The van der Waals surface area contributed by atoms with E-state index in [0.29, 0.717) is 19.3 Å². The van der Waals surface area contributed by atoms with Gasteiger partial charge in [-0.15, -0.1) is 0 Å². The van der Waals surface area contributed by atoms with Crippen molar-refractivity contribution in [3.8, 4) is 0 Å². The minimum Gasteiger partial charge on any atom is -0.479 e. The van der Waals surface area contributed by atoms with Crippen molar-refractivity contribution in [2.24, 2.45) is 0 Å². The molecule has 12 nitrogen and oxygen atoms in total. The highest BCUT2D eigenvalue weighted by molar-refractivity contribution is 5.74. The van der Waals surface area contributed by atoms with Gasteiger partial charge in [0.15, 0.2) is 24.6 Å². The number of rotatable bonds is 55. The molecule has 0 spiro atoms. The number of carboxylic acids is 1. The van der Waals surface area contributed by atoms with E-state index in [4.69, 9.17) is 23.7 Å². The van der Waals surface area contributed by atoms with Gasteiger partial charge in [0.25, 0.3) is 0 Å². The van der Waals surface area contributed by atoms with Crippen LogP contribution in [0.1, 0.15) is 278 Å². The standard InChI is InChI=1S/C69H116O12/c1-4-7-10-13-16-19-22-25-28-30-31-33-36-39-42-45-48-51-54-57-63(72)80-67-65(74)64(73)66(68(75)76)81-69(67)78-59-60(79-62(71)56-53-50-47-44-41-38-34-27-24-21-18-15-12-9-6-3)58-77-61(70)55-52-49-46-43-40-37-35-32-29-26-23-20-17-14-11-8-5-2/h7,10,16-17,19-20,25-26,28-29,31,33,39,42,60,64-67,69,73-74H,4-6,8-9,11-15,18,21-24,27,30,32,34-38,40-41,43-59H2,1-3H3,(H,75,76)/b10-7-,19-16-,20-17-,28-25-,29-26-,33-31-,42-39-. The van der Waals surface area contributed by atoms with E-state index < -0.39 is 67.3 Å². The van der Waals surface area contributed by atoms with E-state index in [2.05, 4.69) is 106 Å². The summed E-state index contributed by atoms with van der Waals surface area (Å²) in [7, 11) is 0. The fourth-order valence-corrected chi connectivity index (χ4v) is 9.48. The summed E-state index contributed by atoms with van der Waals surface area (Å²) >= 11 is 0. The van der Waals surface area contributed by atoms with Crippen LogP contribution >= 0.6 is 0 Å². The fourth-order valence-electron chi connectivity index (χ4n) is 9.48. The van der Waals surface area contributed by atoms with Crippen LogP contribution in [0.5, 0.6) is 0 Å². The van der Waals surface area contributed by atoms with Crippen LogP contribution in [0.15, 0.2) is 85.1 Å². The SMILES string of the molecule is CC/C=C\C/C=C\C/C=C\C/C=C\C/C=C\CCCCCC(=O)OC1C(OCC(COC(=O)CCCCCCCCC/C=C\C/C=C\CCCCC)OC(=O)CCCCCCCCCCCCCCCCC)OC(C(=O)O)C(O)C1O. The van der Waals surface area contributed by atoms with Crippen molar-refractivity contribution < 1.29 is 58.2 Å². The Labute approximate surface area is 492 Å². The predicted molar refractivity (Wildman–Crippen MR) is 331 cm³/mol. The Morgan fingerprint density at radius 3 is 1.22 bits per heavy atom. The quantitative estimate of drug-likeness (QED) is 0.0228. The van der Waals surface area contributed by atoms with Gasteiger partial charge >= 0.3 is 23.9 Å². The third-order valence-electron chi connectivity index (χ3n) is 14.5. The molecule has 0 aliphatic carbocycles. The van der Waals surface area contributed by atoms with Crippen LogP contribution in [0, 0.1) is 0 Å². The number of aliphatic carboxylic acids is 1. The average molecular weight is 1140 g/mol. The highest BCUT2D eigenvalue weighted by Gasteiger charge is 2.50. The number of carbonyl (C=O) groups is 4. The second-order valence-corrected chi connectivity index (χ2v) is 22.0. The molecule has 6 atom stereocenters. The Kier molecular flexibility index (Phi) is 52.1. The van der Waals surface area contributed by atoms with Crippen LogP contribution in [0.3, 0.4) is 0 Å². The van der Waals surface area contributed by atoms with E-state index in [1.807, 2.05) is 0 Å². The second kappa shape index (κ2) is 56.4. The number of esters is 3. The van der Waals surface area contributed by atoms with Crippen LogP contribution in [-0.2, 0) is 42.9 Å². The minimum absolute atomic E-state index is 0.0190. The lowest BCUT2D eigenvalue weighted by Crippen LogP contribution is -2.61. The van der Waals surface area contributed by atoms with Crippen LogP contribution in [0.25, 0.3) is 0 Å². The van der Waals surface area contributed by atoms with Gasteiger partial charge in [0.2, 0.25) is 0 Å². The molecule has 1 aliphatic heterocycles. The fraction of sp³-hybridized carbons (Fsp3) is 0.739. The molecule has 12 heteroatoms. The maximum absolute atomic E-state index is 13.2. The Hall–Kier alpha value is -4.10. The normalized spacial score (nSPS) is 18.3.